The van der Waals surface area contributed by atoms with Crippen LogP contribution in [0.1, 0.15) is 23.6 Å². The third kappa shape index (κ3) is 1.65. The lowest BCUT2D eigenvalue weighted by atomic mass is 10.00. The van der Waals surface area contributed by atoms with E-state index in [0.29, 0.717) is 13.0 Å². The molecule has 0 fully saturated rings. The second-order valence-electron chi connectivity index (χ2n) is 3.65. The number of rotatable bonds is 3. The lowest BCUT2D eigenvalue weighted by Gasteiger charge is -2.16. The van der Waals surface area contributed by atoms with E-state index >= 15 is 0 Å². The van der Waals surface area contributed by atoms with E-state index < -0.39 is 6.17 Å². The molecule has 14 heavy (non-hydrogen) atoms. The zero-order valence-corrected chi connectivity index (χ0v) is 8.04. The maximum atomic E-state index is 13.6. The predicted octanol–water partition coefficient (Wildman–Crippen LogP) is 1.52. The second kappa shape index (κ2) is 4.07. The molecule has 3 heteroatoms. The van der Waals surface area contributed by atoms with Crippen LogP contribution in [0.25, 0.3) is 0 Å². The zero-order chi connectivity index (χ0) is 9.97. The third-order valence-corrected chi connectivity index (χ3v) is 2.71. The molecule has 1 aromatic rings. The minimum absolute atomic E-state index is 0.158. The Bertz CT molecular complexity index is 314. The summed E-state index contributed by atoms with van der Waals surface area (Å²) in [5.74, 6) is 0. The molecule has 0 spiro atoms. The van der Waals surface area contributed by atoms with Gasteiger partial charge in [-0.3, -0.25) is 0 Å². The molecule has 0 amide bonds. The summed E-state index contributed by atoms with van der Waals surface area (Å²) in [5, 5.41) is 3.18. The summed E-state index contributed by atoms with van der Waals surface area (Å²) in [4.78, 5) is 0. The van der Waals surface area contributed by atoms with Gasteiger partial charge in [-0.15, -0.1) is 0 Å². The molecule has 0 aliphatic carbocycles. The Hall–Kier alpha value is -0.930. The average molecular weight is 194 g/mol. The van der Waals surface area contributed by atoms with Gasteiger partial charge in [0.2, 0.25) is 0 Å². The molecule has 1 aliphatic rings. The van der Waals surface area contributed by atoms with Gasteiger partial charge in [0.25, 0.3) is 0 Å². The van der Waals surface area contributed by atoms with Crippen molar-refractivity contribution in [2.75, 3.05) is 6.54 Å². The Balaban J connectivity index is 2.17. The molecule has 0 saturated heterocycles. The van der Waals surface area contributed by atoms with Gasteiger partial charge >= 0.3 is 0 Å². The topological polar surface area (TPSA) is 38.0 Å². The molecule has 3 N–H and O–H groups in total. The highest BCUT2D eigenvalue weighted by Gasteiger charge is 2.28. The molecule has 2 rings (SSSR count). The monoisotopic (exact) mass is 194 g/mol. The molecule has 0 radical (unpaired) electrons. The number of benzene rings is 1. The molecule has 76 valence electrons. The maximum Gasteiger partial charge on any atom is 0.121 e. The second-order valence-corrected chi connectivity index (χ2v) is 3.65. The Kier molecular flexibility index (Phi) is 2.79. The number of alkyl halides is 1. The number of fused-ring (bicyclic) bond motifs is 1. The number of nitrogens with two attached hydrogens (primary N) is 1. The maximum absolute atomic E-state index is 13.6. The van der Waals surface area contributed by atoms with Crippen LogP contribution in [-0.4, -0.2) is 12.7 Å². The first kappa shape index (κ1) is 9.62. The fourth-order valence-corrected chi connectivity index (χ4v) is 1.98. The molecule has 1 aliphatic heterocycles. The summed E-state index contributed by atoms with van der Waals surface area (Å²) >= 11 is 0. The molecule has 2 atom stereocenters. The highest BCUT2D eigenvalue weighted by atomic mass is 19.1. The van der Waals surface area contributed by atoms with E-state index in [0.717, 1.165) is 12.1 Å². The minimum atomic E-state index is -0.872. The Labute approximate surface area is 83.3 Å². The molecule has 2 nitrogen and oxygen atoms in total. The van der Waals surface area contributed by atoms with Crippen LogP contribution in [0.5, 0.6) is 0 Å². The van der Waals surface area contributed by atoms with Gasteiger partial charge in [0, 0.05) is 6.54 Å². The zero-order valence-electron chi connectivity index (χ0n) is 8.04. The van der Waals surface area contributed by atoms with Gasteiger partial charge in [-0.25, -0.2) is 4.39 Å². The Morgan fingerprint density at radius 1 is 1.50 bits per heavy atom. The molecular formula is C11H15FN2. The van der Waals surface area contributed by atoms with E-state index in [-0.39, 0.29) is 6.04 Å². The van der Waals surface area contributed by atoms with Crippen molar-refractivity contribution >= 4 is 0 Å². The van der Waals surface area contributed by atoms with Gasteiger partial charge in [0.05, 0.1) is 6.04 Å². The van der Waals surface area contributed by atoms with Gasteiger partial charge in [-0.2, -0.15) is 0 Å². The van der Waals surface area contributed by atoms with Gasteiger partial charge in [-0.1, -0.05) is 24.3 Å². The van der Waals surface area contributed by atoms with Crippen LogP contribution in [0.15, 0.2) is 24.3 Å². The van der Waals surface area contributed by atoms with Crippen molar-refractivity contribution in [2.45, 2.75) is 25.2 Å². The minimum Gasteiger partial charge on any atom is -0.330 e. The van der Waals surface area contributed by atoms with Crippen LogP contribution >= 0.6 is 0 Å². The van der Waals surface area contributed by atoms with Crippen molar-refractivity contribution < 1.29 is 4.39 Å². The van der Waals surface area contributed by atoms with Crippen LogP contribution in [0, 0.1) is 0 Å². The SMILES string of the molecule is NCCC(F)C1NCc2ccccc21. The largest absolute Gasteiger partial charge is 0.330 e. The molecule has 1 heterocycles. The van der Waals surface area contributed by atoms with E-state index in [1.165, 1.54) is 5.56 Å². The first-order chi connectivity index (χ1) is 6.83. The first-order valence-electron chi connectivity index (χ1n) is 4.98. The molecular weight excluding hydrogens is 179 g/mol. The van der Waals surface area contributed by atoms with Crippen LogP contribution in [-0.2, 0) is 6.54 Å². The molecule has 0 aromatic heterocycles. The van der Waals surface area contributed by atoms with E-state index in [4.69, 9.17) is 5.73 Å². The van der Waals surface area contributed by atoms with Crippen molar-refractivity contribution in [1.82, 2.24) is 5.32 Å². The van der Waals surface area contributed by atoms with Gasteiger partial charge in [0.15, 0.2) is 0 Å². The van der Waals surface area contributed by atoms with E-state index in [2.05, 4.69) is 5.32 Å². The van der Waals surface area contributed by atoms with Crippen LogP contribution in [0.2, 0.25) is 0 Å². The Morgan fingerprint density at radius 3 is 3.07 bits per heavy atom. The van der Waals surface area contributed by atoms with Crippen molar-refractivity contribution in [3.63, 3.8) is 0 Å². The van der Waals surface area contributed by atoms with E-state index in [1.807, 2.05) is 24.3 Å². The van der Waals surface area contributed by atoms with Crippen LogP contribution in [0.3, 0.4) is 0 Å². The van der Waals surface area contributed by atoms with Crippen molar-refractivity contribution in [3.05, 3.63) is 35.4 Å². The fourth-order valence-electron chi connectivity index (χ4n) is 1.98. The summed E-state index contributed by atoms with van der Waals surface area (Å²) < 4.78 is 13.6. The first-order valence-corrected chi connectivity index (χ1v) is 4.98. The normalized spacial score (nSPS) is 22.0. The third-order valence-electron chi connectivity index (χ3n) is 2.71. The fraction of sp³-hybridized carbons (Fsp3) is 0.455. The predicted molar refractivity (Wildman–Crippen MR) is 54.6 cm³/mol. The summed E-state index contributed by atoms with van der Waals surface area (Å²) in [6.07, 6.45) is -0.449. The number of hydrogen-bond acceptors (Lipinski definition) is 2. The molecule has 0 bridgehead atoms. The van der Waals surface area contributed by atoms with Crippen molar-refractivity contribution in [1.29, 1.82) is 0 Å². The quantitative estimate of drug-likeness (QED) is 0.765. The van der Waals surface area contributed by atoms with Crippen molar-refractivity contribution in [3.8, 4) is 0 Å². The highest BCUT2D eigenvalue weighted by Crippen LogP contribution is 2.29. The van der Waals surface area contributed by atoms with E-state index in [1.54, 1.807) is 0 Å². The van der Waals surface area contributed by atoms with E-state index in [9.17, 15) is 4.39 Å². The molecule has 0 saturated carbocycles. The van der Waals surface area contributed by atoms with Gasteiger partial charge in [0.1, 0.15) is 6.17 Å². The number of nitrogens with one attached hydrogen (secondary N) is 1. The number of halogens is 1. The van der Waals surface area contributed by atoms with Gasteiger partial charge < -0.3 is 11.1 Å². The number of hydrogen-bond donors (Lipinski definition) is 2. The highest BCUT2D eigenvalue weighted by molar-refractivity contribution is 5.34. The summed E-state index contributed by atoms with van der Waals surface area (Å²) in [7, 11) is 0. The Morgan fingerprint density at radius 2 is 2.29 bits per heavy atom. The van der Waals surface area contributed by atoms with Crippen molar-refractivity contribution in [2.24, 2.45) is 5.73 Å². The lowest BCUT2D eigenvalue weighted by Crippen LogP contribution is -2.25. The molecule has 1 aromatic carbocycles. The molecule has 2 unspecified atom stereocenters. The summed E-state index contributed by atoms with van der Waals surface area (Å²) in [6, 6.07) is 7.81. The summed E-state index contributed by atoms with van der Waals surface area (Å²) in [6.45, 7) is 1.17. The summed E-state index contributed by atoms with van der Waals surface area (Å²) in [5.41, 5.74) is 7.65. The standard InChI is InChI=1S/C11H15FN2/c12-10(5-6-13)11-9-4-2-1-3-8(9)7-14-11/h1-4,10-11,14H,5-7,13H2. The average Bonchev–Trinajstić information content (AvgIpc) is 2.61. The van der Waals surface area contributed by atoms with Crippen LogP contribution < -0.4 is 11.1 Å². The lowest BCUT2D eigenvalue weighted by molar-refractivity contribution is 0.248. The van der Waals surface area contributed by atoms with Gasteiger partial charge in [-0.05, 0) is 24.1 Å². The smallest absolute Gasteiger partial charge is 0.121 e. The van der Waals surface area contributed by atoms with Crippen LogP contribution in [0.4, 0.5) is 4.39 Å².